The van der Waals surface area contributed by atoms with Crippen molar-refractivity contribution in [1.29, 1.82) is 0 Å². The van der Waals surface area contributed by atoms with Crippen LogP contribution in [0.1, 0.15) is 12.7 Å². The lowest BCUT2D eigenvalue weighted by Crippen LogP contribution is -2.23. The van der Waals surface area contributed by atoms with Crippen molar-refractivity contribution < 1.29 is 9.21 Å². The molecule has 3 heterocycles. The van der Waals surface area contributed by atoms with Crippen molar-refractivity contribution >= 4 is 35.1 Å². The Morgan fingerprint density at radius 1 is 1.17 bits per heavy atom. The fourth-order valence-electron chi connectivity index (χ4n) is 2.84. The van der Waals surface area contributed by atoms with Gasteiger partial charge in [0.1, 0.15) is 11.6 Å². The van der Waals surface area contributed by atoms with Gasteiger partial charge in [-0.3, -0.25) is 9.36 Å². The maximum absolute atomic E-state index is 12.7. The number of hydrogen-bond acceptors (Lipinski definition) is 6. The quantitative estimate of drug-likeness (QED) is 0.425. The van der Waals surface area contributed by atoms with Gasteiger partial charge in [0.25, 0.3) is 0 Å². The SMILES string of the molecule is Cc1occc1-c1nnc(SC(C)C(=O)Nc2ccc(Cl)cn2)n1-c1ccccc1. The number of amides is 1. The predicted molar refractivity (Wildman–Crippen MR) is 117 cm³/mol. The predicted octanol–water partition coefficient (Wildman–Crippen LogP) is 5.00. The van der Waals surface area contributed by atoms with E-state index in [0.717, 1.165) is 17.0 Å². The monoisotopic (exact) mass is 439 g/mol. The Morgan fingerprint density at radius 3 is 2.63 bits per heavy atom. The highest BCUT2D eigenvalue weighted by Crippen LogP contribution is 2.32. The number of pyridine rings is 1. The number of carbonyl (C=O) groups excluding carboxylic acids is 1. The molecular formula is C21H18ClN5O2S. The van der Waals surface area contributed by atoms with Gasteiger partial charge in [0.2, 0.25) is 5.91 Å². The molecule has 3 aromatic heterocycles. The lowest BCUT2D eigenvalue weighted by atomic mass is 10.2. The van der Waals surface area contributed by atoms with Crippen molar-refractivity contribution in [2.45, 2.75) is 24.3 Å². The second-order valence-electron chi connectivity index (χ2n) is 6.48. The van der Waals surface area contributed by atoms with Crippen LogP contribution >= 0.6 is 23.4 Å². The summed E-state index contributed by atoms with van der Waals surface area (Å²) in [5, 5.41) is 12.2. The highest BCUT2D eigenvalue weighted by atomic mass is 35.5. The smallest absolute Gasteiger partial charge is 0.238 e. The molecule has 9 heteroatoms. The molecular weight excluding hydrogens is 422 g/mol. The number of halogens is 1. The van der Waals surface area contributed by atoms with Gasteiger partial charge in [-0.05, 0) is 44.2 Å². The number of thioether (sulfide) groups is 1. The zero-order valence-electron chi connectivity index (χ0n) is 16.2. The minimum absolute atomic E-state index is 0.196. The molecule has 0 fully saturated rings. The number of benzene rings is 1. The third-order valence-electron chi connectivity index (χ3n) is 4.38. The summed E-state index contributed by atoms with van der Waals surface area (Å²) in [6.07, 6.45) is 3.11. The number of nitrogens with one attached hydrogen (secondary N) is 1. The van der Waals surface area contributed by atoms with E-state index in [0.29, 0.717) is 21.8 Å². The number of nitrogens with zero attached hydrogens (tertiary/aromatic N) is 4. The summed E-state index contributed by atoms with van der Waals surface area (Å²) in [6.45, 7) is 3.68. The summed E-state index contributed by atoms with van der Waals surface area (Å²) < 4.78 is 7.37. The average Bonchev–Trinajstić information content (AvgIpc) is 3.36. The Balaban J connectivity index is 1.62. The molecule has 152 valence electrons. The van der Waals surface area contributed by atoms with E-state index in [9.17, 15) is 4.79 Å². The lowest BCUT2D eigenvalue weighted by molar-refractivity contribution is -0.115. The number of para-hydroxylation sites is 1. The summed E-state index contributed by atoms with van der Waals surface area (Å²) in [7, 11) is 0. The highest BCUT2D eigenvalue weighted by molar-refractivity contribution is 8.00. The summed E-state index contributed by atoms with van der Waals surface area (Å²) in [6, 6.07) is 14.9. The molecule has 30 heavy (non-hydrogen) atoms. The summed E-state index contributed by atoms with van der Waals surface area (Å²) >= 11 is 7.16. The van der Waals surface area contributed by atoms with Crippen LogP contribution in [0.5, 0.6) is 0 Å². The zero-order valence-corrected chi connectivity index (χ0v) is 17.8. The van der Waals surface area contributed by atoms with Crippen molar-refractivity contribution in [2.24, 2.45) is 0 Å². The van der Waals surface area contributed by atoms with E-state index in [4.69, 9.17) is 16.0 Å². The van der Waals surface area contributed by atoms with Crippen molar-refractivity contribution in [3.63, 3.8) is 0 Å². The third-order valence-corrected chi connectivity index (χ3v) is 5.64. The maximum Gasteiger partial charge on any atom is 0.238 e. The topological polar surface area (TPSA) is 85.8 Å². The van der Waals surface area contributed by atoms with Crippen LogP contribution in [0, 0.1) is 6.92 Å². The molecule has 0 aliphatic carbocycles. The molecule has 4 aromatic rings. The molecule has 1 atom stereocenters. The van der Waals surface area contributed by atoms with E-state index in [1.54, 1.807) is 18.4 Å². The minimum atomic E-state index is -0.438. The van der Waals surface area contributed by atoms with E-state index in [2.05, 4.69) is 20.5 Å². The highest BCUT2D eigenvalue weighted by Gasteiger charge is 2.23. The van der Waals surface area contributed by atoms with E-state index in [1.165, 1.54) is 18.0 Å². The Kier molecular flexibility index (Phi) is 5.87. The number of aromatic nitrogens is 4. The van der Waals surface area contributed by atoms with Crippen LogP contribution in [0.2, 0.25) is 5.02 Å². The first-order valence-electron chi connectivity index (χ1n) is 9.17. The van der Waals surface area contributed by atoms with E-state index in [1.807, 2.05) is 54.8 Å². The molecule has 1 unspecified atom stereocenters. The third kappa shape index (κ3) is 4.24. The van der Waals surface area contributed by atoms with E-state index < -0.39 is 5.25 Å². The van der Waals surface area contributed by atoms with Crippen molar-refractivity contribution in [3.05, 3.63) is 71.8 Å². The fraction of sp³-hybridized carbons (Fsp3) is 0.143. The molecule has 1 N–H and O–H groups in total. The molecule has 7 nitrogen and oxygen atoms in total. The molecule has 0 bridgehead atoms. The number of anilines is 1. The van der Waals surface area contributed by atoms with Crippen LogP contribution in [0.25, 0.3) is 17.1 Å². The summed E-state index contributed by atoms with van der Waals surface area (Å²) in [5.41, 5.74) is 1.74. The Hall–Kier alpha value is -3.10. The van der Waals surface area contributed by atoms with Crippen LogP contribution in [0.4, 0.5) is 5.82 Å². The molecule has 0 saturated carbocycles. The standard InChI is InChI=1S/C21H18ClN5O2S/c1-13-17(10-11-29-13)19-25-26-21(27(19)16-6-4-3-5-7-16)30-14(2)20(28)24-18-9-8-15(22)12-23-18/h3-12,14H,1-2H3,(H,23,24,28). The van der Waals surface area contributed by atoms with Crippen LogP contribution in [-0.2, 0) is 4.79 Å². The number of aryl methyl sites for hydroxylation is 1. The number of hydrogen-bond donors (Lipinski definition) is 1. The van der Waals surface area contributed by atoms with Gasteiger partial charge < -0.3 is 9.73 Å². The molecule has 1 amide bonds. The summed E-state index contributed by atoms with van der Waals surface area (Å²) in [4.78, 5) is 16.8. The van der Waals surface area contributed by atoms with Crippen molar-refractivity contribution in [2.75, 3.05) is 5.32 Å². The van der Waals surface area contributed by atoms with Gasteiger partial charge in [-0.25, -0.2) is 4.98 Å². The Morgan fingerprint density at radius 2 is 1.97 bits per heavy atom. The molecule has 0 aliphatic heterocycles. The average molecular weight is 440 g/mol. The van der Waals surface area contributed by atoms with Gasteiger partial charge in [-0.1, -0.05) is 41.6 Å². The Labute approximate surface area is 182 Å². The molecule has 1 aromatic carbocycles. The van der Waals surface area contributed by atoms with Gasteiger partial charge in [0, 0.05) is 11.9 Å². The van der Waals surface area contributed by atoms with Gasteiger partial charge in [-0.15, -0.1) is 10.2 Å². The van der Waals surface area contributed by atoms with Crippen molar-refractivity contribution in [1.82, 2.24) is 19.7 Å². The van der Waals surface area contributed by atoms with Crippen LogP contribution < -0.4 is 5.32 Å². The normalized spacial score (nSPS) is 12.0. The van der Waals surface area contributed by atoms with Gasteiger partial charge in [0.05, 0.1) is 22.1 Å². The minimum Gasteiger partial charge on any atom is -0.469 e. The fourth-order valence-corrected chi connectivity index (χ4v) is 3.82. The molecule has 0 radical (unpaired) electrons. The molecule has 0 spiro atoms. The summed E-state index contributed by atoms with van der Waals surface area (Å²) in [5.74, 6) is 1.65. The zero-order chi connectivity index (χ0) is 21.1. The Bertz CT molecular complexity index is 1160. The van der Waals surface area contributed by atoms with Gasteiger partial charge in [-0.2, -0.15) is 0 Å². The number of furan rings is 1. The van der Waals surface area contributed by atoms with Crippen LogP contribution in [-0.4, -0.2) is 30.9 Å². The second-order valence-corrected chi connectivity index (χ2v) is 8.22. The molecule has 0 saturated heterocycles. The number of rotatable bonds is 6. The largest absolute Gasteiger partial charge is 0.469 e. The van der Waals surface area contributed by atoms with Crippen molar-refractivity contribution in [3.8, 4) is 17.1 Å². The van der Waals surface area contributed by atoms with Crippen LogP contribution in [0.15, 0.2) is 70.6 Å². The first-order valence-corrected chi connectivity index (χ1v) is 10.4. The maximum atomic E-state index is 12.7. The van der Waals surface area contributed by atoms with Gasteiger partial charge in [0.15, 0.2) is 11.0 Å². The molecule has 4 rings (SSSR count). The van der Waals surface area contributed by atoms with Crippen LogP contribution in [0.3, 0.4) is 0 Å². The number of carbonyl (C=O) groups is 1. The lowest BCUT2D eigenvalue weighted by Gasteiger charge is -2.13. The first kappa shape index (κ1) is 20.2. The second kappa shape index (κ2) is 8.73. The van der Waals surface area contributed by atoms with Gasteiger partial charge >= 0.3 is 0 Å². The van der Waals surface area contributed by atoms with E-state index >= 15 is 0 Å². The van der Waals surface area contributed by atoms with E-state index in [-0.39, 0.29) is 5.91 Å². The first-order chi connectivity index (χ1) is 14.5. The molecule has 0 aliphatic rings.